The molecule has 2 fully saturated rings. The lowest BCUT2D eigenvalue weighted by molar-refractivity contribution is -0.126. The van der Waals surface area contributed by atoms with E-state index in [-0.39, 0.29) is 17.9 Å². The summed E-state index contributed by atoms with van der Waals surface area (Å²) in [6.07, 6.45) is 5.67. The maximum Gasteiger partial charge on any atom is 0.223 e. The highest BCUT2D eigenvalue weighted by Crippen LogP contribution is 2.41. The van der Waals surface area contributed by atoms with Crippen molar-refractivity contribution in [3.8, 4) is 6.07 Å². The fraction of sp³-hybridized carbons (Fsp3) is 0.409. The summed E-state index contributed by atoms with van der Waals surface area (Å²) in [6, 6.07) is 16.2. The molecule has 2 heterocycles. The zero-order valence-electron chi connectivity index (χ0n) is 15.3. The number of rotatable bonds is 5. The van der Waals surface area contributed by atoms with Gasteiger partial charge in [0.05, 0.1) is 11.6 Å². The van der Waals surface area contributed by atoms with Gasteiger partial charge >= 0.3 is 0 Å². The molecule has 1 atom stereocenters. The maximum atomic E-state index is 12.9. The smallest absolute Gasteiger partial charge is 0.223 e. The number of benzene rings is 1. The van der Waals surface area contributed by atoms with E-state index in [4.69, 9.17) is 5.26 Å². The Hall–Kier alpha value is -2.87. The summed E-state index contributed by atoms with van der Waals surface area (Å²) in [6.45, 7) is 1.63. The first-order valence-corrected chi connectivity index (χ1v) is 9.71. The van der Waals surface area contributed by atoms with E-state index in [9.17, 15) is 4.79 Å². The summed E-state index contributed by atoms with van der Waals surface area (Å²) < 4.78 is 0. The van der Waals surface area contributed by atoms with Gasteiger partial charge < -0.3 is 10.2 Å². The Kier molecular flexibility index (Phi) is 5.06. The van der Waals surface area contributed by atoms with Crippen molar-refractivity contribution in [1.82, 2.24) is 10.3 Å². The van der Waals surface area contributed by atoms with Crippen molar-refractivity contribution in [2.24, 2.45) is 11.8 Å². The molecule has 27 heavy (non-hydrogen) atoms. The molecule has 2 aromatic rings. The maximum absolute atomic E-state index is 12.9. The van der Waals surface area contributed by atoms with Gasteiger partial charge in [0.15, 0.2) is 0 Å². The van der Waals surface area contributed by atoms with Gasteiger partial charge in [0.25, 0.3) is 0 Å². The Balaban J connectivity index is 1.34. The van der Waals surface area contributed by atoms with E-state index in [0.29, 0.717) is 11.5 Å². The predicted octanol–water partition coefficient (Wildman–Crippen LogP) is 3.44. The van der Waals surface area contributed by atoms with Gasteiger partial charge in [-0.15, -0.1) is 0 Å². The molecule has 1 N–H and O–H groups in total. The molecule has 5 nitrogen and oxygen atoms in total. The largest absolute Gasteiger partial charge is 0.357 e. The summed E-state index contributed by atoms with van der Waals surface area (Å²) in [5.41, 5.74) is 1.78. The number of carbonyl (C=O) groups excluding carboxylic acids is 1. The van der Waals surface area contributed by atoms with Crippen LogP contribution in [0, 0.1) is 23.2 Å². The predicted molar refractivity (Wildman–Crippen MR) is 104 cm³/mol. The summed E-state index contributed by atoms with van der Waals surface area (Å²) in [5, 5.41) is 12.2. The van der Waals surface area contributed by atoms with Crippen LogP contribution in [0.2, 0.25) is 0 Å². The van der Waals surface area contributed by atoms with Crippen LogP contribution in [0.4, 0.5) is 5.82 Å². The monoisotopic (exact) mass is 360 g/mol. The van der Waals surface area contributed by atoms with Crippen molar-refractivity contribution in [2.45, 2.75) is 31.7 Å². The fourth-order valence-electron chi connectivity index (χ4n) is 3.84. The van der Waals surface area contributed by atoms with Crippen LogP contribution in [0.5, 0.6) is 0 Å². The van der Waals surface area contributed by atoms with Crippen LogP contribution in [0.15, 0.2) is 48.7 Å². The molecule has 1 aromatic carbocycles. The molecule has 5 heteroatoms. The molecule has 1 saturated carbocycles. The summed E-state index contributed by atoms with van der Waals surface area (Å²) >= 11 is 0. The molecule has 1 saturated heterocycles. The minimum Gasteiger partial charge on any atom is -0.357 e. The second kappa shape index (κ2) is 7.79. The third kappa shape index (κ3) is 4.11. The van der Waals surface area contributed by atoms with Gasteiger partial charge in [-0.3, -0.25) is 4.79 Å². The number of anilines is 1. The van der Waals surface area contributed by atoms with Crippen LogP contribution in [0.25, 0.3) is 0 Å². The van der Waals surface area contributed by atoms with Crippen LogP contribution < -0.4 is 10.2 Å². The van der Waals surface area contributed by atoms with Crippen LogP contribution in [-0.4, -0.2) is 24.0 Å². The Bertz CT molecular complexity index is 816. The van der Waals surface area contributed by atoms with Gasteiger partial charge in [0.1, 0.15) is 11.9 Å². The number of pyridine rings is 1. The number of aromatic nitrogens is 1. The Morgan fingerprint density at radius 1 is 1.11 bits per heavy atom. The minimum absolute atomic E-state index is 0.0598. The zero-order valence-corrected chi connectivity index (χ0v) is 15.3. The van der Waals surface area contributed by atoms with E-state index in [0.717, 1.165) is 31.7 Å². The van der Waals surface area contributed by atoms with Crippen molar-refractivity contribution in [2.75, 3.05) is 18.0 Å². The molecule has 0 spiro atoms. The Labute approximate surface area is 160 Å². The van der Waals surface area contributed by atoms with Crippen LogP contribution >= 0.6 is 0 Å². The SMILES string of the molecule is N#Cc1ccc(N2CCC(C(=O)N[C@H](c3ccccc3)C3CC3)CC2)nc1. The van der Waals surface area contributed by atoms with Crippen LogP contribution in [0.1, 0.15) is 42.9 Å². The summed E-state index contributed by atoms with van der Waals surface area (Å²) in [5.74, 6) is 1.71. The van der Waals surface area contributed by atoms with E-state index < -0.39 is 0 Å². The van der Waals surface area contributed by atoms with E-state index in [2.05, 4.69) is 33.4 Å². The molecule has 1 amide bonds. The van der Waals surface area contributed by atoms with Gasteiger partial charge in [0, 0.05) is 25.2 Å². The van der Waals surface area contributed by atoms with E-state index >= 15 is 0 Å². The van der Waals surface area contributed by atoms with Crippen molar-refractivity contribution in [3.05, 3.63) is 59.8 Å². The lowest BCUT2D eigenvalue weighted by Crippen LogP contribution is -2.42. The minimum atomic E-state index is 0.0598. The lowest BCUT2D eigenvalue weighted by atomic mass is 9.94. The molecule has 0 bridgehead atoms. The van der Waals surface area contributed by atoms with Crippen LogP contribution in [0.3, 0.4) is 0 Å². The number of nitriles is 1. The van der Waals surface area contributed by atoms with Crippen molar-refractivity contribution >= 4 is 11.7 Å². The normalized spacial score (nSPS) is 18.6. The lowest BCUT2D eigenvalue weighted by Gasteiger charge is -2.33. The molecule has 0 unspecified atom stereocenters. The van der Waals surface area contributed by atoms with E-state index in [1.807, 2.05) is 24.3 Å². The third-order valence-electron chi connectivity index (χ3n) is 5.62. The number of piperidine rings is 1. The van der Waals surface area contributed by atoms with Crippen molar-refractivity contribution in [3.63, 3.8) is 0 Å². The fourth-order valence-corrected chi connectivity index (χ4v) is 3.84. The number of carbonyl (C=O) groups is 1. The highest BCUT2D eigenvalue weighted by Gasteiger charge is 2.35. The second-order valence-electron chi connectivity index (χ2n) is 7.51. The summed E-state index contributed by atoms with van der Waals surface area (Å²) in [4.78, 5) is 19.4. The molecular formula is C22H24N4O. The van der Waals surface area contributed by atoms with Crippen molar-refractivity contribution < 1.29 is 4.79 Å². The summed E-state index contributed by atoms with van der Waals surface area (Å²) in [7, 11) is 0. The standard InChI is InChI=1S/C22H24N4O/c23-14-16-6-9-20(24-15-16)26-12-10-19(11-13-26)22(27)25-21(18-7-8-18)17-4-2-1-3-5-17/h1-6,9,15,18-19,21H,7-8,10-13H2,(H,25,27)/t21-/m1/s1. The molecular weight excluding hydrogens is 336 g/mol. The number of hydrogen-bond donors (Lipinski definition) is 1. The quantitative estimate of drug-likeness (QED) is 0.887. The van der Waals surface area contributed by atoms with Gasteiger partial charge in [0.2, 0.25) is 5.91 Å². The van der Waals surface area contributed by atoms with Crippen molar-refractivity contribution in [1.29, 1.82) is 5.26 Å². The van der Waals surface area contributed by atoms with Gasteiger partial charge in [-0.05, 0) is 49.3 Å². The first kappa shape index (κ1) is 17.5. The number of nitrogens with one attached hydrogen (secondary N) is 1. The zero-order chi connectivity index (χ0) is 18.6. The molecule has 4 rings (SSSR count). The van der Waals surface area contributed by atoms with E-state index in [1.54, 1.807) is 12.3 Å². The Morgan fingerprint density at radius 3 is 2.44 bits per heavy atom. The highest BCUT2D eigenvalue weighted by atomic mass is 16.2. The average Bonchev–Trinajstić information content (AvgIpc) is 3.58. The molecule has 138 valence electrons. The van der Waals surface area contributed by atoms with Gasteiger partial charge in [-0.2, -0.15) is 5.26 Å². The molecule has 2 aliphatic rings. The number of amides is 1. The molecule has 0 radical (unpaired) electrons. The third-order valence-corrected chi connectivity index (χ3v) is 5.62. The van der Waals surface area contributed by atoms with Gasteiger partial charge in [-0.1, -0.05) is 30.3 Å². The highest BCUT2D eigenvalue weighted by molar-refractivity contribution is 5.79. The number of hydrogen-bond acceptors (Lipinski definition) is 4. The topological polar surface area (TPSA) is 69.0 Å². The Morgan fingerprint density at radius 2 is 1.85 bits per heavy atom. The second-order valence-corrected chi connectivity index (χ2v) is 7.51. The molecule has 1 aliphatic heterocycles. The van der Waals surface area contributed by atoms with Crippen LogP contribution in [-0.2, 0) is 4.79 Å². The average molecular weight is 360 g/mol. The first-order valence-electron chi connectivity index (χ1n) is 9.71. The molecule has 1 aromatic heterocycles. The van der Waals surface area contributed by atoms with E-state index in [1.165, 1.54) is 18.4 Å². The first-order chi connectivity index (χ1) is 13.2. The van der Waals surface area contributed by atoms with Gasteiger partial charge in [-0.25, -0.2) is 4.98 Å². The molecule has 1 aliphatic carbocycles. The number of nitrogens with zero attached hydrogens (tertiary/aromatic N) is 3.